The van der Waals surface area contributed by atoms with Crippen LogP contribution in [0.4, 0.5) is 5.69 Å². The fourth-order valence-corrected chi connectivity index (χ4v) is 5.40. The maximum absolute atomic E-state index is 10.9. The van der Waals surface area contributed by atoms with Crippen LogP contribution in [0.1, 0.15) is 57.1 Å². The first-order valence-electron chi connectivity index (χ1n) is 14.4. The number of carbonyl (C=O) groups is 1. The molecule has 0 aromatic heterocycles. The molecule has 0 radical (unpaired) electrons. The Labute approximate surface area is 234 Å². The van der Waals surface area contributed by atoms with Crippen LogP contribution in [0.5, 0.6) is 11.5 Å². The molecule has 1 atom stereocenters. The van der Waals surface area contributed by atoms with Gasteiger partial charge in [-0.05, 0) is 80.3 Å². The zero-order chi connectivity index (χ0) is 27.9. The Bertz CT molecular complexity index is 1080. The van der Waals surface area contributed by atoms with Crippen LogP contribution in [0, 0.1) is 5.92 Å². The maximum Gasteiger partial charge on any atom is 0.125 e. The third-order valence-corrected chi connectivity index (χ3v) is 7.52. The third-order valence-electron chi connectivity index (χ3n) is 7.52. The number of hydrogen-bond donors (Lipinski definition) is 1. The van der Waals surface area contributed by atoms with Gasteiger partial charge in [-0.25, -0.2) is 0 Å². The van der Waals surface area contributed by atoms with Crippen molar-refractivity contribution in [2.24, 2.45) is 5.92 Å². The molecule has 0 saturated carbocycles. The van der Waals surface area contributed by atoms with E-state index < -0.39 is 0 Å². The number of fused-ring (bicyclic) bond motifs is 1. The highest BCUT2D eigenvalue weighted by atomic mass is 16.5. The Morgan fingerprint density at radius 2 is 1.54 bits per heavy atom. The number of piperidine rings is 1. The van der Waals surface area contributed by atoms with Crippen molar-refractivity contribution in [3.05, 3.63) is 90.0 Å². The number of nitrogens with zero attached hydrogens (tertiary/aromatic N) is 1. The van der Waals surface area contributed by atoms with Crippen LogP contribution >= 0.6 is 0 Å². The summed E-state index contributed by atoms with van der Waals surface area (Å²) in [7, 11) is 1.69. The Morgan fingerprint density at radius 3 is 2.13 bits per heavy atom. The summed E-state index contributed by atoms with van der Waals surface area (Å²) >= 11 is 0. The zero-order valence-electron chi connectivity index (χ0n) is 23.9. The number of phenolic OH excluding ortho intramolecular Hbond substituents is 1. The van der Waals surface area contributed by atoms with Gasteiger partial charge in [0.25, 0.3) is 0 Å². The molecule has 3 aliphatic rings. The van der Waals surface area contributed by atoms with Gasteiger partial charge in [0.2, 0.25) is 0 Å². The van der Waals surface area contributed by atoms with Crippen LogP contribution in [-0.4, -0.2) is 43.8 Å². The normalized spacial score (nSPS) is 18.6. The van der Waals surface area contributed by atoms with Gasteiger partial charge in [0.05, 0.1) is 19.3 Å². The topological polar surface area (TPSA) is 59.0 Å². The van der Waals surface area contributed by atoms with Gasteiger partial charge in [-0.15, -0.1) is 0 Å². The second kappa shape index (κ2) is 15.9. The first-order chi connectivity index (χ1) is 19.1. The molecule has 2 fully saturated rings. The van der Waals surface area contributed by atoms with E-state index in [0.29, 0.717) is 12.4 Å². The summed E-state index contributed by atoms with van der Waals surface area (Å²) in [4.78, 5) is 13.3. The Balaban J connectivity index is 0.000000184. The molecule has 1 unspecified atom stereocenters. The number of ether oxygens (including phenoxy) is 2. The number of benzene rings is 3. The highest BCUT2D eigenvalue weighted by Crippen LogP contribution is 2.39. The van der Waals surface area contributed by atoms with Crippen molar-refractivity contribution in [3.8, 4) is 11.5 Å². The third kappa shape index (κ3) is 9.14. The van der Waals surface area contributed by atoms with E-state index >= 15 is 0 Å². The van der Waals surface area contributed by atoms with Crippen LogP contribution in [0.3, 0.4) is 0 Å². The lowest BCUT2D eigenvalue weighted by Gasteiger charge is -2.39. The first-order valence-corrected chi connectivity index (χ1v) is 14.4. The van der Waals surface area contributed by atoms with Crippen LogP contribution in [0.2, 0.25) is 0 Å². The number of aldehydes is 1. The number of anilines is 1. The van der Waals surface area contributed by atoms with Gasteiger partial charge in [0.15, 0.2) is 0 Å². The van der Waals surface area contributed by atoms with E-state index in [1.54, 1.807) is 13.2 Å². The smallest absolute Gasteiger partial charge is 0.125 e. The summed E-state index contributed by atoms with van der Waals surface area (Å²) in [5, 5.41) is 9.19. The van der Waals surface area contributed by atoms with Gasteiger partial charge >= 0.3 is 0 Å². The molecule has 210 valence electrons. The van der Waals surface area contributed by atoms with E-state index in [1.807, 2.05) is 74.5 Å². The van der Waals surface area contributed by atoms with E-state index in [0.717, 1.165) is 50.8 Å². The molecule has 0 bridgehead atoms. The zero-order valence-corrected chi connectivity index (χ0v) is 23.9. The minimum atomic E-state index is -0.0546. The number of aromatic hydroxyl groups is 1. The molecule has 39 heavy (non-hydrogen) atoms. The fraction of sp³-hybridized carbons (Fsp3) is 0.441. The van der Waals surface area contributed by atoms with Crippen LogP contribution < -0.4 is 9.64 Å². The number of rotatable bonds is 3. The lowest BCUT2D eigenvalue weighted by Crippen LogP contribution is -2.44. The van der Waals surface area contributed by atoms with Crippen molar-refractivity contribution in [2.75, 3.05) is 31.7 Å². The van der Waals surface area contributed by atoms with Gasteiger partial charge < -0.3 is 24.3 Å². The number of methoxy groups -OCH3 is 1. The van der Waals surface area contributed by atoms with Gasteiger partial charge in [-0.1, -0.05) is 62.4 Å². The average molecular weight is 532 g/mol. The molecule has 2 aliphatic heterocycles. The number of phenols is 1. The largest absolute Gasteiger partial charge is 0.508 e. The van der Waals surface area contributed by atoms with E-state index in [9.17, 15) is 9.90 Å². The minimum absolute atomic E-state index is 0.0546. The lowest BCUT2D eigenvalue weighted by molar-refractivity contribution is -0.111. The summed E-state index contributed by atoms with van der Waals surface area (Å²) in [6, 6.07) is 25.9. The monoisotopic (exact) mass is 531 g/mol. The molecule has 3 aromatic rings. The number of carbonyl (C=O) groups excluding carboxylic acids is 1. The van der Waals surface area contributed by atoms with Gasteiger partial charge in [-0.3, -0.25) is 0 Å². The first kappa shape index (κ1) is 30.2. The maximum atomic E-state index is 10.9. The molecule has 0 amide bonds. The van der Waals surface area contributed by atoms with Crippen LogP contribution in [0.25, 0.3) is 0 Å². The molecular weight excluding hydrogens is 486 g/mol. The van der Waals surface area contributed by atoms with Crippen LogP contribution in [-0.2, 0) is 22.4 Å². The van der Waals surface area contributed by atoms with E-state index in [2.05, 4.69) is 17.0 Å². The summed E-state index contributed by atoms with van der Waals surface area (Å²) in [5.74, 6) is 1.39. The van der Waals surface area contributed by atoms with Crippen molar-refractivity contribution in [3.63, 3.8) is 0 Å². The highest BCUT2D eigenvalue weighted by molar-refractivity contribution is 5.55. The van der Waals surface area contributed by atoms with Gasteiger partial charge in [-0.2, -0.15) is 0 Å². The summed E-state index contributed by atoms with van der Waals surface area (Å²) in [5.41, 5.74) is 3.91. The van der Waals surface area contributed by atoms with Gasteiger partial charge in [0.1, 0.15) is 17.8 Å². The highest BCUT2D eigenvalue weighted by Gasteiger charge is 2.42. The van der Waals surface area contributed by atoms with Crippen molar-refractivity contribution < 1.29 is 19.4 Å². The predicted octanol–water partition coefficient (Wildman–Crippen LogP) is 7.25. The minimum Gasteiger partial charge on any atom is -0.508 e. The molecule has 2 heterocycles. The summed E-state index contributed by atoms with van der Waals surface area (Å²) in [6.07, 6.45) is 8.84. The standard InChI is InChI=1S/C16H21NO3.C10H12O.C6H6.C2H6/c1-19-15-4-2-3-14(9-15)17-7-5-16(6-8-17)10-13(11-18)12-20-16;11-10-6-5-8-3-1-2-4-9(8)7-10;1-2-4-6-5-3-1;1-2/h2-4,9,11,13H,5-8,10,12H2,1H3;5-7,11H,1-4H2;1-6H;1-2H3. The quantitative estimate of drug-likeness (QED) is 0.361. The Hall–Kier alpha value is -3.31. The van der Waals surface area contributed by atoms with Crippen molar-refractivity contribution in [2.45, 2.75) is 64.4 Å². The molecular formula is C34H45NO4. The number of hydrogen-bond acceptors (Lipinski definition) is 5. The van der Waals surface area contributed by atoms with Crippen LogP contribution in [0.15, 0.2) is 78.9 Å². The molecule has 1 aliphatic carbocycles. The van der Waals surface area contributed by atoms with E-state index in [-0.39, 0.29) is 11.5 Å². The molecule has 3 aromatic carbocycles. The molecule has 5 heteroatoms. The predicted molar refractivity (Wildman–Crippen MR) is 160 cm³/mol. The molecule has 1 N–H and O–H groups in total. The fourth-order valence-electron chi connectivity index (χ4n) is 5.40. The summed E-state index contributed by atoms with van der Waals surface area (Å²) in [6.45, 7) is 6.54. The van der Waals surface area contributed by atoms with E-state index in [4.69, 9.17) is 9.47 Å². The Morgan fingerprint density at radius 1 is 0.897 bits per heavy atom. The average Bonchev–Trinajstić information content (AvgIpc) is 3.42. The van der Waals surface area contributed by atoms with E-state index in [1.165, 1.54) is 36.1 Å². The van der Waals surface area contributed by atoms with Crippen molar-refractivity contribution >= 4 is 12.0 Å². The Kier molecular flexibility index (Phi) is 12.4. The number of aryl methyl sites for hydroxylation is 2. The lowest BCUT2D eigenvalue weighted by atomic mass is 9.85. The molecule has 6 rings (SSSR count). The molecule has 2 saturated heterocycles. The van der Waals surface area contributed by atoms with Gasteiger partial charge in [0, 0.05) is 30.8 Å². The molecule has 5 nitrogen and oxygen atoms in total. The summed E-state index contributed by atoms with van der Waals surface area (Å²) < 4.78 is 11.2. The van der Waals surface area contributed by atoms with Crippen molar-refractivity contribution in [1.82, 2.24) is 0 Å². The second-order valence-electron chi connectivity index (χ2n) is 10.1. The SMILES string of the molecule is CC.COc1cccc(N2CCC3(CC2)CC(C=O)CO3)c1.Oc1ccc2c(c1)CCCC2.c1ccccc1. The second-order valence-corrected chi connectivity index (χ2v) is 10.1. The van der Waals surface area contributed by atoms with Crippen molar-refractivity contribution in [1.29, 1.82) is 0 Å². The molecule has 1 spiro atoms.